The molecule has 0 aliphatic rings. The molecule has 0 unspecified atom stereocenters. The van der Waals surface area contributed by atoms with Gasteiger partial charge in [-0.3, -0.25) is 4.79 Å². The van der Waals surface area contributed by atoms with Gasteiger partial charge in [-0.05, 0) is 60.4 Å². The summed E-state index contributed by atoms with van der Waals surface area (Å²) >= 11 is 0. The molecule has 1 amide bonds. The number of nitrogens with one attached hydrogen (secondary N) is 2. The van der Waals surface area contributed by atoms with Crippen molar-refractivity contribution in [2.45, 2.75) is 37.6 Å². The molecule has 6 nitrogen and oxygen atoms in total. The number of carbonyl (C=O) groups excluding carboxylic acids is 1. The summed E-state index contributed by atoms with van der Waals surface area (Å²) in [6.07, 6.45) is 0. The second kappa shape index (κ2) is 10.4. The second-order valence-electron chi connectivity index (χ2n) is 7.84. The molecule has 0 aliphatic carbocycles. The standard InChI is InChI=1S/C25H28N2O4S/c1-18(2)20-9-11-22(12-10-20)26-25(28)17-31-23-13-15-24(16-14-23)32(29,30)27-19(3)21-7-5-4-6-8-21/h4-16,18-19,27H,17H2,1-3H3,(H,26,28)/t19-/m0/s1. The predicted molar refractivity (Wildman–Crippen MR) is 126 cm³/mol. The fraction of sp³-hybridized carbons (Fsp3) is 0.240. The third-order valence-corrected chi connectivity index (χ3v) is 6.55. The number of rotatable bonds is 9. The van der Waals surface area contributed by atoms with E-state index in [4.69, 9.17) is 4.74 Å². The minimum absolute atomic E-state index is 0.127. The van der Waals surface area contributed by atoms with E-state index in [0.717, 1.165) is 5.56 Å². The van der Waals surface area contributed by atoms with E-state index in [1.165, 1.54) is 29.8 Å². The predicted octanol–water partition coefficient (Wildman–Crippen LogP) is 4.87. The van der Waals surface area contributed by atoms with Crippen LogP contribution in [0.4, 0.5) is 5.69 Å². The summed E-state index contributed by atoms with van der Waals surface area (Å²) in [5, 5.41) is 2.78. The van der Waals surface area contributed by atoms with Crippen molar-refractivity contribution in [3.63, 3.8) is 0 Å². The van der Waals surface area contributed by atoms with Crippen molar-refractivity contribution in [3.05, 3.63) is 90.0 Å². The summed E-state index contributed by atoms with van der Waals surface area (Å²) < 4.78 is 33.4. The number of amides is 1. The van der Waals surface area contributed by atoms with Crippen LogP contribution in [0.1, 0.15) is 43.9 Å². The molecule has 0 spiro atoms. The Labute approximate surface area is 189 Å². The molecule has 3 aromatic rings. The smallest absolute Gasteiger partial charge is 0.262 e. The quantitative estimate of drug-likeness (QED) is 0.485. The Hall–Kier alpha value is -3.16. The lowest BCUT2D eigenvalue weighted by atomic mass is 10.0. The largest absolute Gasteiger partial charge is 0.484 e. The van der Waals surface area contributed by atoms with Crippen LogP contribution in [-0.4, -0.2) is 20.9 Å². The van der Waals surface area contributed by atoms with Crippen molar-refractivity contribution < 1.29 is 17.9 Å². The van der Waals surface area contributed by atoms with E-state index in [1.807, 2.05) is 54.6 Å². The molecule has 3 aromatic carbocycles. The van der Waals surface area contributed by atoms with Gasteiger partial charge in [0.05, 0.1) is 4.90 Å². The van der Waals surface area contributed by atoms with E-state index in [-0.39, 0.29) is 23.5 Å². The first-order chi connectivity index (χ1) is 15.2. The normalized spacial score (nSPS) is 12.4. The van der Waals surface area contributed by atoms with Gasteiger partial charge in [0, 0.05) is 11.7 Å². The van der Waals surface area contributed by atoms with E-state index in [9.17, 15) is 13.2 Å². The van der Waals surface area contributed by atoms with Crippen LogP contribution in [0.2, 0.25) is 0 Å². The zero-order chi connectivity index (χ0) is 23.1. The van der Waals surface area contributed by atoms with Gasteiger partial charge in [-0.2, -0.15) is 0 Å². The Morgan fingerprint density at radius 2 is 1.47 bits per heavy atom. The highest BCUT2D eigenvalue weighted by Gasteiger charge is 2.18. The van der Waals surface area contributed by atoms with Gasteiger partial charge >= 0.3 is 0 Å². The summed E-state index contributed by atoms with van der Waals surface area (Å²) in [5.41, 5.74) is 2.77. The fourth-order valence-corrected chi connectivity index (χ4v) is 4.35. The molecule has 0 aliphatic heterocycles. The van der Waals surface area contributed by atoms with E-state index >= 15 is 0 Å². The lowest BCUT2D eigenvalue weighted by Crippen LogP contribution is -2.26. The van der Waals surface area contributed by atoms with Crippen molar-refractivity contribution >= 4 is 21.6 Å². The summed E-state index contributed by atoms with van der Waals surface area (Å²) in [7, 11) is -3.69. The first-order valence-electron chi connectivity index (χ1n) is 10.4. The van der Waals surface area contributed by atoms with Gasteiger partial charge in [-0.15, -0.1) is 0 Å². The molecule has 32 heavy (non-hydrogen) atoms. The van der Waals surface area contributed by atoms with Crippen molar-refractivity contribution in [1.82, 2.24) is 4.72 Å². The molecular formula is C25H28N2O4S. The molecule has 1 atom stereocenters. The summed E-state index contributed by atoms with van der Waals surface area (Å²) in [5.74, 6) is 0.536. The Balaban J connectivity index is 1.54. The minimum Gasteiger partial charge on any atom is -0.484 e. The molecule has 0 aromatic heterocycles. The van der Waals surface area contributed by atoms with Crippen LogP contribution in [-0.2, 0) is 14.8 Å². The third-order valence-electron chi connectivity index (χ3n) is 5.00. The van der Waals surface area contributed by atoms with Gasteiger partial charge in [0.2, 0.25) is 10.0 Å². The van der Waals surface area contributed by atoms with Crippen LogP contribution in [0.5, 0.6) is 5.75 Å². The maximum atomic E-state index is 12.6. The number of carbonyl (C=O) groups is 1. The van der Waals surface area contributed by atoms with E-state index in [0.29, 0.717) is 17.4 Å². The maximum Gasteiger partial charge on any atom is 0.262 e. The number of ether oxygens (including phenoxy) is 1. The average Bonchev–Trinajstić information content (AvgIpc) is 2.78. The van der Waals surface area contributed by atoms with E-state index in [1.54, 1.807) is 6.92 Å². The highest BCUT2D eigenvalue weighted by atomic mass is 32.2. The topological polar surface area (TPSA) is 84.5 Å². The second-order valence-corrected chi connectivity index (χ2v) is 9.55. The number of sulfonamides is 1. The van der Waals surface area contributed by atoms with Gasteiger partial charge in [0.15, 0.2) is 6.61 Å². The van der Waals surface area contributed by atoms with Crippen molar-refractivity contribution in [2.75, 3.05) is 11.9 Å². The van der Waals surface area contributed by atoms with E-state index in [2.05, 4.69) is 23.9 Å². The molecule has 0 radical (unpaired) electrons. The highest BCUT2D eigenvalue weighted by Crippen LogP contribution is 2.20. The van der Waals surface area contributed by atoms with Crippen molar-refractivity contribution in [1.29, 1.82) is 0 Å². The van der Waals surface area contributed by atoms with Gasteiger partial charge in [0.25, 0.3) is 5.91 Å². The fourth-order valence-electron chi connectivity index (χ4n) is 3.12. The average molecular weight is 453 g/mol. The Bertz CT molecular complexity index is 1130. The molecule has 0 bridgehead atoms. The Morgan fingerprint density at radius 3 is 2.06 bits per heavy atom. The van der Waals surface area contributed by atoms with Crippen molar-refractivity contribution in [3.8, 4) is 5.75 Å². The van der Waals surface area contributed by atoms with Gasteiger partial charge < -0.3 is 10.1 Å². The number of benzene rings is 3. The van der Waals surface area contributed by atoms with Crippen molar-refractivity contribution in [2.24, 2.45) is 0 Å². The van der Waals surface area contributed by atoms with Crippen LogP contribution in [0.25, 0.3) is 0 Å². The van der Waals surface area contributed by atoms with Gasteiger partial charge in [0.1, 0.15) is 5.75 Å². The molecule has 3 rings (SSSR count). The van der Waals surface area contributed by atoms with Crippen LogP contribution >= 0.6 is 0 Å². The summed E-state index contributed by atoms with van der Waals surface area (Å²) in [6.45, 7) is 5.83. The molecule has 0 heterocycles. The van der Waals surface area contributed by atoms with Crippen LogP contribution in [0, 0.1) is 0 Å². The minimum atomic E-state index is -3.69. The molecule has 168 valence electrons. The monoisotopic (exact) mass is 452 g/mol. The third kappa shape index (κ3) is 6.42. The molecule has 0 saturated carbocycles. The highest BCUT2D eigenvalue weighted by molar-refractivity contribution is 7.89. The maximum absolute atomic E-state index is 12.6. The van der Waals surface area contributed by atoms with Crippen LogP contribution < -0.4 is 14.8 Å². The zero-order valence-corrected chi connectivity index (χ0v) is 19.2. The number of hydrogen-bond acceptors (Lipinski definition) is 4. The summed E-state index contributed by atoms with van der Waals surface area (Å²) in [6, 6.07) is 22.6. The molecule has 0 fully saturated rings. The Kier molecular flexibility index (Phi) is 7.66. The van der Waals surface area contributed by atoms with E-state index < -0.39 is 10.0 Å². The SMILES string of the molecule is CC(C)c1ccc(NC(=O)COc2ccc(S(=O)(=O)N[C@@H](C)c3ccccc3)cc2)cc1. The first-order valence-corrected chi connectivity index (χ1v) is 11.9. The van der Waals surface area contributed by atoms with Crippen LogP contribution in [0.3, 0.4) is 0 Å². The molecular weight excluding hydrogens is 424 g/mol. The lowest BCUT2D eigenvalue weighted by Gasteiger charge is -2.15. The van der Waals surface area contributed by atoms with Gasteiger partial charge in [-0.25, -0.2) is 13.1 Å². The number of anilines is 1. The van der Waals surface area contributed by atoms with Crippen LogP contribution in [0.15, 0.2) is 83.8 Å². The Morgan fingerprint density at radius 1 is 0.844 bits per heavy atom. The molecule has 2 N–H and O–H groups in total. The molecule has 0 saturated heterocycles. The lowest BCUT2D eigenvalue weighted by molar-refractivity contribution is -0.118. The zero-order valence-electron chi connectivity index (χ0n) is 18.4. The number of hydrogen-bond donors (Lipinski definition) is 2. The first kappa shape index (κ1) is 23.5. The summed E-state index contributed by atoms with van der Waals surface area (Å²) in [4.78, 5) is 12.3. The molecule has 7 heteroatoms. The van der Waals surface area contributed by atoms with Gasteiger partial charge in [-0.1, -0.05) is 56.3 Å².